The van der Waals surface area contributed by atoms with Crippen LogP contribution in [0.3, 0.4) is 0 Å². The molecule has 0 saturated heterocycles. The summed E-state index contributed by atoms with van der Waals surface area (Å²) in [4.78, 5) is 11.9. The van der Waals surface area contributed by atoms with E-state index < -0.39 is 0 Å². The minimum atomic E-state index is 0.738. The second-order valence-electron chi connectivity index (χ2n) is 7.55. The smallest absolute Gasteiger partial charge is 0.140 e. The summed E-state index contributed by atoms with van der Waals surface area (Å²) in [5, 5.41) is 1.06. The predicted octanol–water partition coefficient (Wildman–Crippen LogP) is 5.30. The van der Waals surface area contributed by atoms with Gasteiger partial charge in [-0.15, -0.1) is 0 Å². The standard InChI is InChI=1S/C25H20BN3/c1-15-3-7-17(8-4-15)23-24(18-9-5-16(2)6-10-18)29-25(28-23)21-14-27-22-12-11-19(26)13-20(21)22/h3-14,27H,1-2H3,(H,28,29). The number of aryl methyl sites for hydroxylation is 2. The number of hydrogen-bond donors (Lipinski definition) is 2. The van der Waals surface area contributed by atoms with Gasteiger partial charge in [-0.3, -0.25) is 0 Å². The van der Waals surface area contributed by atoms with E-state index in [1.165, 1.54) is 11.1 Å². The number of fused-ring (bicyclic) bond motifs is 1. The molecule has 0 atom stereocenters. The van der Waals surface area contributed by atoms with Crippen molar-refractivity contribution in [2.45, 2.75) is 13.8 Å². The molecule has 0 amide bonds. The highest BCUT2D eigenvalue weighted by Crippen LogP contribution is 2.35. The van der Waals surface area contributed by atoms with Gasteiger partial charge in [0.05, 0.1) is 11.4 Å². The molecular weight excluding hydrogens is 353 g/mol. The van der Waals surface area contributed by atoms with Gasteiger partial charge in [-0.2, -0.15) is 0 Å². The Bertz CT molecular complexity index is 1250. The molecule has 5 rings (SSSR count). The van der Waals surface area contributed by atoms with Crippen molar-refractivity contribution in [2.24, 2.45) is 0 Å². The van der Waals surface area contributed by atoms with Crippen LogP contribution in [0, 0.1) is 13.8 Å². The van der Waals surface area contributed by atoms with Crippen LogP contribution in [-0.4, -0.2) is 22.8 Å². The first-order valence-electron chi connectivity index (χ1n) is 9.69. The fourth-order valence-electron chi connectivity index (χ4n) is 3.68. The van der Waals surface area contributed by atoms with Gasteiger partial charge in [0.25, 0.3) is 0 Å². The topological polar surface area (TPSA) is 44.5 Å². The van der Waals surface area contributed by atoms with Gasteiger partial charge in [-0.25, -0.2) is 4.98 Å². The molecule has 0 aliphatic heterocycles. The summed E-state index contributed by atoms with van der Waals surface area (Å²) in [6.45, 7) is 4.19. The molecule has 2 aromatic heterocycles. The highest BCUT2D eigenvalue weighted by Gasteiger charge is 2.17. The van der Waals surface area contributed by atoms with Gasteiger partial charge < -0.3 is 9.97 Å². The van der Waals surface area contributed by atoms with E-state index in [1.54, 1.807) is 0 Å². The molecule has 3 nitrogen and oxygen atoms in total. The van der Waals surface area contributed by atoms with E-state index in [0.29, 0.717) is 0 Å². The van der Waals surface area contributed by atoms with Gasteiger partial charge >= 0.3 is 0 Å². The molecule has 4 heteroatoms. The average Bonchev–Trinajstić information content (AvgIpc) is 3.33. The molecule has 2 heterocycles. The Morgan fingerprint density at radius 1 is 0.793 bits per heavy atom. The van der Waals surface area contributed by atoms with Crippen LogP contribution >= 0.6 is 0 Å². The zero-order chi connectivity index (χ0) is 20.0. The zero-order valence-electron chi connectivity index (χ0n) is 16.5. The number of nitrogens with one attached hydrogen (secondary N) is 2. The quantitative estimate of drug-likeness (QED) is 0.414. The molecule has 0 aliphatic carbocycles. The predicted molar refractivity (Wildman–Crippen MR) is 122 cm³/mol. The Morgan fingerprint density at radius 2 is 1.45 bits per heavy atom. The van der Waals surface area contributed by atoms with Crippen LogP contribution in [0.5, 0.6) is 0 Å². The number of nitrogens with zero attached hydrogens (tertiary/aromatic N) is 1. The van der Waals surface area contributed by atoms with Crippen molar-refractivity contribution in [2.75, 3.05) is 0 Å². The summed E-state index contributed by atoms with van der Waals surface area (Å²) >= 11 is 0. The molecule has 0 aliphatic rings. The van der Waals surface area contributed by atoms with Gasteiger partial charge in [0.2, 0.25) is 0 Å². The normalized spacial score (nSPS) is 11.2. The van der Waals surface area contributed by atoms with E-state index in [9.17, 15) is 0 Å². The van der Waals surface area contributed by atoms with Crippen LogP contribution < -0.4 is 5.46 Å². The average molecular weight is 373 g/mol. The SMILES string of the molecule is [B]c1ccc2[nH]cc(-c3nc(-c4ccc(C)cc4)c(-c4ccc(C)cc4)[nH]3)c2c1. The lowest BCUT2D eigenvalue weighted by molar-refractivity contribution is 1.31. The first kappa shape index (κ1) is 17.6. The number of hydrogen-bond acceptors (Lipinski definition) is 1. The largest absolute Gasteiger partial charge is 0.360 e. The zero-order valence-corrected chi connectivity index (χ0v) is 16.5. The number of aromatic amines is 2. The number of imidazole rings is 1. The number of rotatable bonds is 3. The molecule has 0 saturated carbocycles. The van der Waals surface area contributed by atoms with Crippen LogP contribution in [0.1, 0.15) is 11.1 Å². The number of H-pyrrole nitrogens is 2. The molecule has 0 unspecified atom stereocenters. The molecule has 0 bridgehead atoms. The molecule has 29 heavy (non-hydrogen) atoms. The lowest BCUT2D eigenvalue weighted by Crippen LogP contribution is -1.99. The van der Waals surface area contributed by atoms with Crippen LogP contribution in [0.2, 0.25) is 0 Å². The second-order valence-corrected chi connectivity index (χ2v) is 7.55. The minimum Gasteiger partial charge on any atom is -0.360 e. The molecular formula is C25H20BN3. The van der Waals surface area contributed by atoms with Crippen molar-refractivity contribution in [1.82, 2.24) is 15.0 Å². The molecule has 138 valence electrons. The molecule has 0 fully saturated rings. The van der Waals surface area contributed by atoms with Crippen molar-refractivity contribution >= 4 is 24.2 Å². The third-order valence-electron chi connectivity index (χ3n) is 5.33. The number of aromatic nitrogens is 3. The first-order chi connectivity index (χ1) is 14.1. The van der Waals surface area contributed by atoms with Crippen molar-refractivity contribution in [3.05, 3.63) is 84.1 Å². The fraction of sp³-hybridized carbons (Fsp3) is 0.0800. The lowest BCUT2D eigenvalue weighted by atomic mass is 9.94. The van der Waals surface area contributed by atoms with Crippen LogP contribution in [-0.2, 0) is 0 Å². The van der Waals surface area contributed by atoms with Gasteiger partial charge in [-0.05, 0) is 19.9 Å². The third kappa shape index (κ3) is 3.17. The summed E-state index contributed by atoms with van der Waals surface area (Å²) in [6.07, 6.45) is 1.99. The van der Waals surface area contributed by atoms with E-state index in [-0.39, 0.29) is 0 Å². The molecule has 2 radical (unpaired) electrons. The van der Waals surface area contributed by atoms with E-state index >= 15 is 0 Å². The Kier molecular flexibility index (Phi) is 4.13. The first-order valence-corrected chi connectivity index (χ1v) is 9.69. The van der Waals surface area contributed by atoms with Gasteiger partial charge in [0.15, 0.2) is 0 Å². The summed E-state index contributed by atoms with van der Waals surface area (Å²) in [6, 6.07) is 22.9. The van der Waals surface area contributed by atoms with Crippen molar-refractivity contribution in [3.63, 3.8) is 0 Å². The van der Waals surface area contributed by atoms with Gasteiger partial charge in [-0.1, -0.05) is 77.3 Å². The highest BCUT2D eigenvalue weighted by molar-refractivity contribution is 6.33. The fourth-order valence-corrected chi connectivity index (χ4v) is 3.68. The monoisotopic (exact) mass is 373 g/mol. The highest BCUT2D eigenvalue weighted by atomic mass is 14.9. The Labute approximate surface area is 171 Å². The lowest BCUT2D eigenvalue weighted by Gasteiger charge is -2.04. The van der Waals surface area contributed by atoms with Crippen molar-refractivity contribution < 1.29 is 0 Å². The summed E-state index contributed by atoms with van der Waals surface area (Å²) in [5.74, 6) is 0.827. The van der Waals surface area contributed by atoms with Gasteiger partial charge in [0.1, 0.15) is 13.7 Å². The Balaban J connectivity index is 1.73. The van der Waals surface area contributed by atoms with E-state index in [2.05, 4.69) is 72.3 Å². The summed E-state index contributed by atoms with van der Waals surface area (Å²) in [7, 11) is 6.03. The maximum atomic E-state index is 6.03. The van der Waals surface area contributed by atoms with Crippen molar-refractivity contribution in [3.8, 4) is 33.9 Å². The Morgan fingerprint density at radius 3 is 2.14 bits per heavy atom. The van der Waals surface area contributed by atoms with Gasteiger partial charge in [0, 0.05) is 33.8 Å². The molecule has 0 spiro atoms. The van der Waals surface area contributed by atoms with Crippen LogP contribution in [0.15, 0.2) is 72.9 Å². The summed E-state index contributed by atoms with van der Waals surface area (Å²) in [5.41, 5.74) is 9.42. The number of benzene rings is 3. The summed E-state index contributed by atoms with van der Waals surface area (Å²) < 4.78 is 0. The van der Waals surface area contributed by atoms with E-state index in [0.717, 1.165) is 50.3 Å². The second kappa shape index (κ2) is 6.82. The van der Waals surface area contributed by atoms with Crippen molar-refractivity contribution in [1.29, 1.82) is 0 Å². The molecule has 5 aromatic rings. The van der Waals surface area contributed by atoms with Crippen LogP contribution in [0.4, 0.5) is 0 Å². The third-order valence-corrected chi connectivity index (χ3v) is 5.33. The maximum Gasteiger partial charge on any atom is 0.140 e. The van der Waals surface area contributed by atoms with E-state index in [4.69, 9.17) is 12.8 Å². The molecule has 3 aromatic carbocycles. The maximum absolute atomic E-state index is 6.03. The van der Waals surface area contributed by atoms with Crippen LogP contribution in [0.25, 0.3) is 44.8 Å². The molecule has 2 N–H and O–H groups in total. The van der Waals surface area contributed by atoms with E-state index in [1.807, 2.05) is 24.4 Å². The Hall–Kier alpha value is -3.53. The minimum absolute atomic E-state index is 0.738.